The van der Waals surface area contributed by atoms with Crippen molar-refractivity contribution in [3.05, 3.63) is 24.2 Å². The van der Waals surface area contributed by atoms with Crippen molar-refractivity contribution in [1.82, 2.24) is 10.2 Å². The van der Waals surface area contributed by atoms with E-state index < -0.39 is 0 Å². The summed E-state index contributed by atoms with van der Waals surface area (Å²) in [5.41, 5.74) is 0. The first-order chi connectivity index (χ1) is 8.65. The van der Waals surface area contributed by atoms with E-state index in [1.807, 2.05) is 6.07 Å². The fourth-order valence-electron chi connectivity index (χ4n) is 2.86. The van der Waals surface area contributed by atoms with Gasteiger partial charge in [0.2, 0.25) is 0 Å². The summed E-state index contributed by atoms with van der Waals surface area (Å²) in [4.78, 5) is 2.59. The molecule has 1 saturated heterocycles. The lowest BCUT2D eigenvalue weighted by Crippen LogP contribution is -2.50. The van der Waals surface area contributed by atoms with Crippen LogP contribution in [0.4, 0.5) is 0 Å². The van der Waals surface area contributed by atoms with Crippen LogP contribution in [-0.4, -0.2) is 36.1 Å². The number of nitrogens with one attached hydrogen (secondary N) is 1. The third-order valence-electron chi connectivity index (χ3n) is 3.72. The van der Waals surface area contributed by atoms with Gasteiger partial charge in [-0.3, -0.25) is 4.90 Å². The molecule has 0 spiro atoms. The highest BCUT2D eigenvalue weighted by atomic mass is 16.3. The van der Waals surface area contributed by atoms with E-state index in [2.05, 4.69) is 37.1 Å². The number of piperidine rings is 1. The fourth-order valence-corrected chi connectivity index (χ4v) is 2.86. The summed E-state index contributed by atoms with van der Waals surface area (Å²) in [6, 6.07) is 5.84. The van der Waals surface area contributed by atoms with Gasteiger partial charge in [-0.05, 0) is 38.4 Å². The highest BCUT2D eigenvalue weighted by Crippen LogP contribution is 2.16. The molecule has 3 nitrogen and oxygen atoms in total. The van der Waals surface area contributed by atoms with Crippen LogP contribution < -0.4 is 5.32 Å². The Labute approximate surface area is 111 Å². The Hall–Kier alpha value is -0.800. The summed E-state index contributed by atoms with van der Waals surface area (Å²) < 4.78 is 5.44. The SMILES string of the molecule is CC(C)NC1CCCN(C(C)Cc2ccco2)C1. The topological polar surface area (TPSA) is 28.4 Å². The van der Waals surface area contributed by atoms with E-state index in [1.165, 1.54) is 25.9 Å². The Balaban J connectivity index is 1.84. The molecule has 1 fully saturated rings. The van der Waals surface area contributed by atoms with E-state index in [4.69, 9.17) is 4.42 Å². The molecule has 2 unspecified atom stereocenters. The van der Waals surface area contributed by atoms with Gasteiger partial charge >= 0.3 is 0 Å². The minimum absolute atomic E-state index is 0.563. The van der Waals surface area contributed by atoms with Gasteiger partial charge in [0.15, 0.2) is 0 Å². The molecule has 0 saturated carbocycles. The van der Waals surface area contributed by atoms with Crippen LogP contribution in [0.2, 0.25) is 0 Å². The average Bonchev–Trinajstić information content (AvgIpc) is 2.81. The molecule has 0 aromatic carbocycles. The number of likely N-dealkylation sites (tertiary alicyclic amines) is 1. The van der Waals surface area contributed by atoms with Gasteiger partial charge < -0.3 is 9.73 Å². The van der Waals surface area contributed by atoms with Crippen LogP contribution in [0.5, 0.6) is 0 Å². The van der Waals surface area contributed by atoms with Gasteiger partial charge in [-0.1, -0.05) is 13.8 Å². The molecule has 102 valence electrons. The molecule has 1 aromatic rings. The molecule has 1 N–H and O–H groups in total. The molecule has 18 heavy (non-hydrogen) atoms. The molecule has 0 radical (unpaired) electrons. The average molecular weight is 250 g/mol. The van der Waals surface area contributed by atoms with Crippen molar-refractivity contribution in [2.24, 2.45) is 0 Å². The van der Waals surface area contributed by atoms with Crippen LogP contribution in [0.15, 0.2) is 22.8 Å². The van der Waals surface area contributed by atoms with Gasteiger partial charge in [0.05, 0.1) is 6.26 Å². The molecule has 1 aromatic heterocycles. The minimum Gasteiger partial charge on any atom is -0.469 e. The third-order valence-corrected chi connectivity index (χ3v) is 3.72. The van der Waals surface area contributed by atoms with E-state index in [0.29, 0.717) is 18.1 Å². The molecule has 2 rings (SSSR count). The number of nitrogens with zero attached hydrogens (tertiary/aromatic N) is 1. The van der Waals surface area contributed by atoms with Crippen LogP contribution in [0.25, 0.3) is 0 Å². The lowest BCUT2D eigenvalue weighted by Gasteiger charge is -2.37. The normalized spacial score (nSPS) is 23.4. The maximum absolute atomic E-state index is 5.44. The summed E-state index contributed by atoms with van der Waals surface area (Å²) in [5, 5.41) is 3.66. The summed E-state index contributed by atoms with van der Waals surface area (Å²) >= 11 is 0. The zero-order valence-electron chi connectivity index (χ0n) is 11.9. The predicted octanol–water partition coefficient (Wildman–Crippen LogP) is 2.67. The first-order valence-corrected chi connectivity index (χ1v) is 7.17. The molecule has 0 bridgehead atoms. The lowest BCUT2D eigenvalue weighted by atomic mass is 10.0. The van der Waals surface area contributed by atoms with E-state index in [-0.39, 0.29) is 0 Å². The Morgan fingerprint density at radius 1 is 1.44 bits per heavy atom. The maximum atomic E-state index is 5.44. The van der Waals surface area contributed by atoms with Crippen molar-refractivity contribution in [3.63, 3.8) is 0 Å². The van der Waals surface area contributed by atoms with Gasteiger partial charge in [-0.2, -0.15) is 0 Å². The van der Waals surface area contributed by atoms with E-state index in [1.54, 1.807) is 6.26 Å². The Morgan fingerprint density at radius 3 is 2.94 bits per heavy atom. The number of hydrogen-bond donors (Lipinski definition) is 1. The largest absolute Gasteiger partial charge is 0.469 e. The maximum Gasteiger partial charge on any atom is 0.105 e. The molecule has 0 aliphatic carbocycles. The van der Waals surface area contributed by atoms with Gasteiger partial charge in [0.1, 0.15) is 5.76 Å². The Kier molecular flexibility index (Phi) is 4.84. The summed E-state index contributed by atoms with van der Waals surface area (Å²) in [6.45, 7) is 9.15. The van der Waals surface area contributed by atoms with Crippen LogP contribution in [0.3, 0.4) is 0 Å². The monoisotopic (exact) mass is 250 g/mol. The van der Waals surface area contributed by atoms with Crippen LogP contribution in [0.1, 0.15) is 39.4 Å². The van der Waals surface area contributed by atoms with Crippen molar-refractivity contribution in [3.8, 4) is 0 Å². The van der Waals surface area contributed by atoms with Crippen LogP contribution in [-0.2, 0) is 6.42 Å². The van der Waals surface area contributed by atoms with Crippen molar-refractivity contribution in [2.75, 3.05) is 13.1 Å². The standard InChI is InChI=1S/C15H26N2O/c1-12(2)16-14-6-4-8-17(11-14)13(3)10-15-7-5-9-18-15/h5,7,9,12-14,16H,4,6,8,10-11H2,1-3H3. The van der Waals surface area contributed by atoms with Crippen LogP contribution in [0, 0.1) is 0 Å². The third kappa shape index (κ3) is 3.85. The zero-order chi connectivity index (χ0) is 13.0. The smallest absolute Gasteiger partial charge is 0.105 e. The van der Waals surface area contributed by atoms with Crippen molar-refractivity contribution >= 4 is 0 Å². The first kappa shape index (κ1) is 13.6. The lowest BCUT2D eigenvalue weighted by molar-refractivity contribution is 0.138. The van der Waals surface area contributed by atoms with Gasteiger partial charge in [0.25, 0.3) is 0 Å². The Morgan fingerprint density at radius 2 is 2.28 bits per heavy atom. The number of rotatable bonds is 5. The molecular weight excluding hydrogens is 224 g/mol. The summed E-state index contributed by atoms with van der Waals surface area (Å²) in [5.74, 6) is 1.10. The highest BCUT2D eigenvalue weighted by Gasteiger charge is 2.24. The number of hydrogen-bond acceptors (Lipinski definition) is 3. The highest BCUT2D eigenvalue weighted by molar-refractivity contribution is 5.00. The minimum atomic E-state index is 0.563. The Bertz CT molecular complexity index is 334. The second-order valence-electron chi connectivity index (χ2n) is 5.79. The number of furan rings is 1. The second kappa shape index (κ2) is 6.39. The van der Waals surface area contributed by atoms with Crippen LogP contribution >= 0.6 is 0 Å². The zero-order valence-corrected chi connectivity index (χ0v) is 11.9. The van der Waals surface area contributed by atoms with Gasteiger partial charge in [0, 0.05) is 31.1 Å². The van der Waals surface area contributed by atoms with Crippen molar-refractivity contribution in [2.45, 2.75) is 58.2 Å². The molecule has 3 heteroatoms. The second-order valence-corrected chi connectivity index (χ2v) is 5.79. The van der Waals surface area contributed by atoms with Gasteiger partial charge in [-0.25, -0.2) is 0 Å². The van der Waals surface area contributed by atoms with E-state index in [9.17, 15) is 0 Å². The molecule has 2 atom stereocenters. The predicted molar refractivity (Wildman–Crippen MR) is 74.7 cm³/mol. The summed E-state index contributed by atoms with van der Waals surface area (Å²) in [7, 11) is 0. The molecule has 0 amide bonds. The fraction of sp³-hybridized carbons (Fsp3) is 0.733. The van der Waals surface area contributed by atoms with E-state index >= 15 is 0 Å². The van der Waals surface area contributed by atoms with Crippen molar-refractivity contribution in [1.29, 1.82) is 0 Å². The van der Waals surface area contributed by atoms with E-state index in [0.717, 1.165) is 12.2 Å². The first-order valence-electron chi connectivity index (χ1n) is 7.17. The molecule has 1 aliphatic rings. The quantitative estimate of drug-likeness (QED) is 0.871. The molecule has 2 heterocycles. The molecule has 1 aliphatic heterocycles. The molecular formula is C15H26N2O. The summed E-state index contributed by atoms with van der Waals surface area (Å²) in [6.07, 6.45) is 5.39. The van der Waals surface area contributed by atoms with Crippen molar-refractivity contribution < 1.29 is 4.42 Å². The van der Waals surface area contributed by atoms with Gasteiger partial charge in [-0.15, -0.1) is 0 Å².